The molecule has 0 aliphatic carbocycles. The van der Waals surface area contributed by atoms with Crippen LogP contribution in [-0.4, -0.2) is 48.4 Å². The monoisotopic (exact) mass is 682 g/mol. The van der Waals surface area contributed by atoms with E-state index in [1.165, 1.54) is 11.8 Å². The largest absolute Gasteiger partial charge is 0.478 e. The smallest absolute Gasteiger partial charge is 0.336 e. The van der Waals surface area contributed by atoms with Crippen LogP contribution in [0.2, 0.25) is 0 Å². The highest BCUT2D eigenvalue weighted by atomic mass is 32.2. The number of aryl methyl sites for hydroxylation is 2. The summed E-state index contributed by atoms with van der Waals surface area (Å²) in [6.07, 6.45) is 5.47. The molecule has 0 radical (unpaired) electrons. The Labute approximate surface area is 295 Å². The zero-order valence-corrected chi connectivity index (χ0v) is 28.8. The van der Waals surface area contributed by atoms with Crippen LogP contribution in [0, 0.1) is 6.92 Å². The molecule has 252 valence electrons. The summed E-state index contributed by atoms with van der Waals surface area (Å²) in [5, 5.41) is 12.8. The summed E-state index contributed by atoms with van der Waals surface area (Å²) >= 11 is 1.19. The van der Waals surface area contributed by atoms with E-state index in [0.717, 1.165) is 52.0 Å². The van der Waals surface area contributed by atoms with E-state index < -0.39 is 5.97 Å². The van der Waals surface area contributed by atoms with Gasteiger partial charge in [0, 0.05) is 48.3 Å². The summed E-state index contributed by atoms with van der Waals surface area (Å²) in [7, 11) is 0. The molecule has 0 fully saturated rings. The van der Waals surface area contributed by atoms with Gasteiger partial charge in [-0.1, -0.05) is 91.5 Å². The Bertz CT molecular complexity index is 2130. The highest BCUT2D eigenvalue weighted by Gasteiger charge is 2.21. The third kappa shape index (κ3) is 8.01. The first-order valence-electron chi connectivity index (χ1n) is 16.6. The molecule has 2 aromatic heterocycles. The number of imidazole rings is 1. The van der Waals surface area contributed by atoms with Gasteiger partial charge in [0.05, 0.1) is 16.6 Å². The van der Waals surface area contributed by atoms with Crippen molar-refractivity contribution in [1.82, 2.24) is 19.9 Å². The molecule has 0 saturated carbocycles. The zero-order chi connectivity index (χ0) is 35.0. The molecule has 0 aliphatic heterocycles. The van der Waals surface area contributed by atoms with Crippen molar-refractivity contribution in [3.8, 4) is 11.1 Å². The molecular formula is C41H38N4O4S. The number of amides is 1. The molecule has 8 nitrogen and oxygen atoms in total. The van der Waals surface area contributed by atoms with E-state index in [9.17, 15) is 19.5 Å². The third-order valence-corrected chi connectivity index (χ3v) is 9.68. The number of thioether (sulfide) groups is 1. The van der Waals surface area contributed by atoms with Crippen LogP contribution in [0.5, 0.6) is 0 Å². The number of nitrogens with one attached hydrogen (secondary N) is 1. The average Bonchev–Trinajstić information content (AvgIpc) is 3.48. The molecule has 9 heteroatoms. The number of pyridine rings is 1. The van der Waals surface area contributed by atoms with Crippen LogP contribution in [0.4, 0.5) is 0 Å². The molecule has 0 spiro atoms. The lowest BCUT2D eigenvalue weighted by Crippen LogP contribution is -2.38. The molecule has 1 amide bonds. The van der Waals surface area contributed by atoms with Crippen molar-refractivity contribution in [2.45, 2.75) is 45.7 Å². The second-order valence-corrected chi connectivity index (χ2v) is 13.3. The van der Waals surface area contributed by atoms with Gasteiger partial charge in [-0.25, -0.2) is 9.78 Å². The number of rotatable bonds is 13. The number of carboxylic acids is 1. The molecule has 2 N–H and O–H groups in total. The fraction of sp³-hybridized carbons (Fsp3) is 0.195. The van der Waals surface area contributed by atoms with Gasteiger partial charge in [-0.2, -0.15) is 0 Å². The number of carboxylic acid groups (broad SMARTS) is 1. The summed E-state index contributed by atoms with van der Waals surface area (Å²) < 4.78 is 2.17. The van der Waals surface area contributed by atoms with Crippen molar-refractivity contribution >= 4 is 39.8 Å². The van der Waals surface area contributed by atoms with Crippen LogP contribution >= 0.6 is 11.8 Å². The van der Waals surface area contributed by atoms with Gasteiger partial charge in [-0.3, -0.25) is 14.6 Å². The Morgan fingerprint density at radius 2 is 1.58 bits per heavy atom. The van der Waals surface area contributed by atoms with Crippen LogP contribution in [0.3, 0.4) is 0 Å². The van der Waals surface area contributed by atoms with Gasteiger partial charge in [-0.05, 0) is 77.9 Å². The lowest BCUT2D eigenvalue weighted by molar-refractivity contribution is 0.0697. The first-order chi connectivity index (χ1) is 24.3. The van der Waals surface area contributed by atoms with Gasteiger partial charge < -0.3 is 15.0 Å². The van der Waals surface area contributed by atoms with Gasteiger partial charge in [0.1, 0.15) is 5.82 Å². The molecule has 4 aromatic carbocycles. The SMILES string of the molecule is CCCc1nc2c(C)cc(C(=O)N[C@@H](CSC(=O)c3ccncc3)Cc3ccccc3)cc2n1Cc1ccc(-c2ccccc2C(=O)O)cc1. The molecule has 2 heterocycles. The van der Waals surface area contributed by atoms with Crippen LogP contribution in [0.25, 0.3) is 22.2 Å². The highest BCUT2D eigenvalue weighted by molar-refractivity contribution is 8.14. The molecular weight excluding hydrogens is 645 g/mol. The van der Waals surface area contributed by atoms with Crippen molar-refractivity contribution < 1.29 is 19.5 Å². The lowest BCUT2D eigenvalue weighted by atomic mass is 9.98. The minimum atomic E-state index is -0.961. The van der Waals surface area contributed by atoms with E-state index in [1.807, 2.05) is 85.8 Å². The second-order valence-electron chi connectivity index (χ2n) is 12.3. The number of nitrogens with zero attached hydrogens (tertiary/aromatic N) is 3. The normalized spacial score (nSPS) is 11.7. The fourth-order valence-corrected chi connectivity index (χ4v) is 6.98. The second kappa shape index (κ2) is 15.8. The van der Waals surface area contributed by atoms with Crippen molar-refractivity contribution in [2.75, 3.05) is 5.75 Å². The number of hydrogen-bond acceptors (Lipinski definition) is 6. The summed E-state index contributed by atoms with van der Waals surface area (Å²) in [5.41, 5.74) is 7.61. The molecule has 0 bridgehead atoms. The quantitative estimate of drug-likeness (QED) is 0.127. The van der Waals surface area contributed by atoms with Crippen molar-refractivity contribution in [3.63, 3.8) is 0 Å². The summed E-state index contributed by atoms with van der Waals surface area (Å²) in [6, 6.07) is 31.8. The van der Waals surface area contributed by atoms with Crippen molar-refractivity contribution in [2.24, 2.45) is 0 Å². The maximum atomic E-state index is 13.9. The Morgan fingerprint density at radius 3 is 2.30 bits per heavy atom. The molecule has 6 aromatic rings. The Kier molecular flexibility index (Phi) is 10.8. The Balaban J connectivity index is 1.27. The van der Waals surface area contributed by atoms with Gasteiger partial charge in [0.15, 0.2) is 0 Å². The average molecular weight is 683 g/mol. The molecule has 1 atom stereocenters. The first-order valence-corrected chi connectivity index (χ1v) is 17.6. The van der Waals surface area contributed by atoms with Gasteiger partial charge in [0.25, 0.3) is 5.91 Å². The maximum Gasteiger partial charge on any atom is 0.336 e. The Hall–Kier alpha value is -5.54. The number of benzene rings is 4. The number of hydrogen-bond donors (Lipinski definition) is 2. The van der Waals surface area contributed by atoms with Gasteiger partial charge in [-0.15, -0.1) is 0 Å². The van der Waals surface area contributed by atoms with Crippen molar-refractivity contribution in [1.29, 1.82) is 0 Å². The minimum absolute atomic E-state index is 0.0662. The molecule has 0 saturated heterocycles. The van der Waals surface area contributed by atoms with Crippen LogP contribution in [0.1, 0.15) is 66.9 Å². The van der Waals surface area contributed by atoms with Crippen LogP contribution in [0.15, 0.2) is 116 Å². The number of carbonyl (C=O) groups is 3. The van der Waals surface area contributed by atoms with E-state index in [1.54, 1.807) is 36.7 Å². The number of carbonyl (C=O) groups excluding carboxylic acids is 2. The fourth-order valence-electron chi connectivity index (χ4n) is 6.12. The highest BCUT2D eigenvalue weighted by Crippen LogP contribution is 2.27. The minimum Gasteiger partial charge on any atom is -0.478 e. The van der Waals surface area contributed by atoms with Gasteiger partial charge >= 0.3 is 5.97 Å². The van der Waals surface area contributed by atoms with E-state index in [0.29, 0.717) is 35.4 Å². The number of aromatic carboxylic acids is 1. The van der Waals surface area contributed by atoms with E-state index in [4.69, 9.17) is 4.98 Å². The molecule has 0 aliphatic rings. The first kappa shape index (κ1) is 34.3. The summed E-state index contributed by atoms with van der Waals surface area (Å²) in [5.74, 6) is 0.183. The standard InChI is InChI=1S/C41H38N4O4S/c1-3-9-37-44-38-27(2)22-32(24-36(38)45(37)25-29-14-16-30(17-15-29)34-12-7-8-13-35(34)40(47)48)39(46)43-33(23-28-10-5-4-6-11-28)26-50-41(49)31-18-20-42-21-19-31/h4-8,10-22,24,33H,3,9,23,25-26H2,1-2H3,(H,43,46)(H,47,48)/t33-/m1/s1. The Morgan fingerprint density at radius 1 is 0.860 bits per heavy atom. The molecule has 0 unspecified atom stereocenters. The van der Waals surface area contributed by atoms with Crippen LogP contribution < -0.4 is 5.32 Å². The number of aromatic nitrogens is 3. The predicted molar refractivity (Wildman–Crippen MR) is 199 cm³/mol. The van der Waals surface area contributed by atoms with E-state index in [2.05, 4.69) is 21.8 Å². The summed E-state index contributed by atoms with van der Waals surface area (Å²) in [6.45, 7) is 4.64. The van der Waals surface area contributed by atoms with Crippen molar-refractivity contribution in [3.05, 3.63) is 155 Å². The third-order valence-electron chi connectivity index (χ3n) is 8.61. The molecule has 50 heavy (non-hydrogen) atoms. The van der Waals surface area contributed by atoms with E-state index >= 15 is 0 Å². The number of fused-ring (bicyclic) bond motifs is 1. The lowest BCUT2D eigenvalue weighted by Gasteiger charge is -2.19. The van der Waals surface area contributed by atoms with Crippen LogP contribution in [-0.2, 0) is 19.4 Å². The van der Waals surface area contributed by atoms with Gasteiger partial charge in [0.2, 0.25) is 5.12 Å². The summed E-state index contributed by atoms with van der Waals surface area (Å²) in [4.78, 5) is 47.6. The topological polar surface area (TPSA) is 114 Å². The predicted octanol–water partition coefficient (Wildman–Crippen LogP) is 8.02. The zero-order valence-electron chi connectivity index (χ0n) is 28.0. The maximum absolute atomic E-state index is 13.9. The van der Waals surface area contributed by atoms with E-state index in [-0.39, 0.29) is 22.6 Å². The molecule has 6 rings (SSSR count).